The van der Waals surface area contributed by atoms with Crippen molar-refractivity contribution in [2.75, 3.05) is 11.9 Å². The van der Waals surface area contributed by atoms with Crippen LogP contribution in [0.3, 0.4) is 0 Å². The lowest BCUT2D eigenvalue weighted by atomic mass is 10.2. The lowest BCUT2D eigenvalue weighted by molar-refractivity contribution is 0.0987. The zero-order chi connectivity index (χ0) is 14.7. The van der Waals surface area contributed by atoms with E-state index >= 15 is 0 Å². The van der Waals surface area contributed by atoms with Gasteiger partial charge in [0.15, 0.2) is 5.13 Å². The zero-order valence-corrected chi connectivity index (χ0v) is 13.9. The van der Waals surface area contributed by atoms with Gasteiger partial charge in [0.25, 0.3) is 5.91 Å². The zero-order valence-electron chi connectivity index (χ0n) is 11.5. The molecule has 0 N–H and O–H groups in total. The molecule has 0 saturated heterocycles. The van der Waals surface area contributed by atoms with Crippen molar-refractivity contribution in [2.45, 2.75) is 20.0 Å². The first-order valence-corrected chi connectivity index (χ1v) is 7.80. The number of nitrogens with zero attached hydrogens (tertiary/aromatic N) is 2. The molecule has 0 spiro atoms. The molecule has 1 amide bonds. The van der Waals surface area contributed by atoms with E-state index < -0.39 is 0 Å². The van der Waals surface area contributed by atoms with Crippen molar-refractivity contribution in [3.63, 3.8) is 0 Å². The molecule has 0 unspecified atom stereocenters. The number of benzene rings is 1. The molecule has 0 fully saturated rings. The van der Waals surface area contributed by atoms with Gasteiger partial charge in [-0.15, -0.1) is 11.3 Å². The third kappa shape index (κ3) is 3.37. The summed E-state index contributed by atoms with van der Waals surface area (Å²) in [5, 5.41) is 2.50. The van der Waals surface area contributed by atoms with Crippen LogP contribution < -0.4 is 9.64 Å². The number of anilines is 1. The van der Waals surface area contributed by atoms with Gasteiger partial charge in [-0.25, -0.2) is 4.98 Å². The Kier molecular flexibility index (Phi) is 4.77. The number of carbonyl (C=O) groups excluding carboxylic acids is 1. The van der Waals surface area contributed by atoms with E-state index in [2.05, 4.69) is 20.9 Å². The summed E-state index contributed by atoms with van der Waals surface area (Å²) >= 11 is 4.82. The van der Waals surface area contributed by atoms with Gasteiger partial charge in [0.1, 0.15) is 5.75 Å². The van der Waals surface area contributed by atoms with Crippen LogP contribution in [0.25, 0.3) is 0 Å². The molecule has 4 nitrogen and oxygen atoms in total. The topological polar surface area (TPSA) is 42.4 Å². The van der Waals surface area contributed by atoms with Crippen molar-refractivity contribution in [1.29, 1.82) is 0 Å². The quantitative estimate of drug-likeness (QED) is 0.834. The predicted molar refractivity (Wildman–Crippen MR) is 84.8 cm³/mol. The van der Waals surface area contributed by atoms with E-state index in [0.717, 1.165) is 4.47 Å². The average molecular weight is 355 g/mol. The molecule has 0 atom stereocenters. The van der Waals surface area contributed by atoms with Gasteiger partial charge in [-0.2, -0.15) is 0 Å². The summed E-state index contributed by atoms with van der Waals surface area (Å²) in [6.45, 7) is 3.86. The molecule has 1 aromatic heterocycles. The summed E-state index contributed by atoms with van der Waals surface area (Å²) < 4.78 is 6.60. The molecule has 2 aromatic rings. The molecule has 20 heavy (non-hydrogen) atoms. The number of ether oxygens (including phenoxy) is 1. The number of thiazole rings is 1. The summed E-state index contributed by atoms with van der Waals surface area (Å²) in [4.78, 5) is 18.2. The molecule has 0 bridgehead atoms. The second-order valence-electron chi connectivity index (χ2n) is 4.49. The Morgan fingerprint density at radius 2 is 2.20 bits per heavy atom. The smallest absolute Gasteiger partial charge is 0.263 e. The molecule has 0 saturated carbocycles. The van der Waals surface area contributed by atoms with E-state index in [1.807, 2.05) is 31.4 Å². The van der Waals surface area contributed by atoms with Crippen molar-refractivity contribution in [3.8, 4) is 5.75 Å². The van der Waals surface area contributed by atoms with Crippen LogP contribution in [0.4, 0.5) is 5.13 Å². The Labute approximate surface area is 130 Å². The van der Waals surface area contributed by atoms with Crippen LogP contribution in [0.1, 0.15) is 24.2 Å². The highest BCUT2D eigenvalue weighted by Gasteiger charge is 2.20. The molecule has 106 valence electrons. The van der Waals surface area contributed by atoms with E-state index in [-0.39, 0.29) is 12.0 Å². The van der Waals surface area contributed by atoms with Gasteiger partial charge < -0.3 is 4.74 Å². The normalized spacial score (nSPS) is 10.7. The second kappa shape index (κ2) is 6.37. The minimum absolute atomic E-state index is 0.000943. The minimum atomic E-state index is -0.136. The van der Waals surface area contributed by atoms with Gasteiger partial charge >= 0.3 is 0 Å². The Hall–Kier alpha value is -1.40. The number of rotatable bonds is 4. The highest BCUT2D eigenvalue weighted by molar-refractivity contribution is 9.10. The van der Waals surface area contributed by atoms with E-state index in [9.17, 15) is 4.79 Å². The first-order valence-electron chi connectivity index (χ1n) is 6.13. The molecule has 6 heteroatoms. The lowest BCUT2D eigenvalue weighted by Crippen LogP contribution is -2.27. The number of aromatic nitrogens is 1. The van der Waals surface area contributed by atoms with Crippen LogP contribution >= 0.6 is 27.3 Å². The van der Waals surface area contributed by atoms with Gasteiger partial charge in [0.05, 0.1) is 11.7 Å². The van der Waals surface area contributed by atoms with Crippen molar-refractivity contribution in [2.24, 2.45) is 0 Å². The molecule has 2 rings (SSSR count). The van der Waals surface area contributed by atoms with Gasteiger partial charge in [-0.3, -0.25) is 9.69 Å². The Morgan fingerprint density at radius 3 is 2.80 bits per heavy atom. The van der Waals surface area contributed by atoms with Crippen molar-refractivity contribution >= 4 is 38.3 Å². The van der Waals surface area contributed by atoms with Crippen LogP contribution in [0.5, 0.6) is 5.75 Å². The van der Waals surface area contributed by atoms with Crippen LogP contribution in [0.15, 0.2) is 34.2 Å². The highest BCUT2D eigenvalue weighted by Crippen LogP contribution is 2.27. The molecular weight excluding hydrogens is 340 g/mol. The lowest BCUT2D eigenvalue weighted by Gasteiger charge is -2.18. The van der Waals surface area contributed by atoms with Crippen molar-refractivity contribution in [3.05, 3.63) is 39.8 Å². The highest BCUT2D eigenvalue weighted by atomic mass is 79.9. The Balaban J connectivity index is 2.34. The largest absolute Gasteiger partial charge is 0.490 e. The molecule has 0 radical (unpaired) electrons. The third-order valence-electron chi connectivity index (χ3n) is 2.55. The van der Waals surface area contributed by atoms with Crippen molar-refractivity contribution < 1.29 is 9.53 Å². The minimum Gasteiger partial charge on any atom is -0.490 e. The van der Waals surface area contributed by atoms with Gasteiger partial charge in [-0.1, -0.05) is 15.9 Å². The van der Waals surface area contributed by atoms with Crippen molar-refractivity contribution in [1.82, 2.24) is 4.98 Å². The van der Waals surface area contributed by atoms with E-state index in [0.29, 0.717) is 16.4 Å². The summed E-state index contributed by atoms with van der Waals surface area (Å²) in [5.41, 5.74) is 0.527. The molecule has 1 aromatic carbocycles. The first-order chi connectivity index (χ1) is 9.49. The second-order valence-corrected chi connectivity index (χ2v) is 6.27. The maximum atomic E-state index is 12.6. The SMILES string of the molecule is CC(C)Oc1cc(Br)ccc1C(=O)N(C)c1nccs1. The fourth-order valence-electron chi connectivity index (χ4n) is 1.67. The number of amides is 1. The summed E-state index contributed by atoms with van der Waals surface area (Å²) in [6.07, 6.45) is 1.68. The average Bonchev–Trinajstić information content (AvgIpc) is 2.90. The monoisotopic (exact) mass is 354 g/mol. The van der Waals surface area contributed by atoms with E-state index in [4.69, 9.17) is 4.74 Å². The van der Waals surface area contributed by atoms with Crippen LogP contribution in [-0.2, 0) is 0 Å². The van der Waals surface area contributed by atoms with Crippen LogP contribution in [-0.4, -0.2) is 24.0 Å². The first kappa shape index (κ1) is 15.0. The fraction of sp³-hybridized carbons (Fsp3) is 0.286. The third-order valence-corrected chi connectivity index (χ3v) is 3.89. The predicted octanol–water partition coefficient (Wildman–Crippen LogP) is 3.97. The maximum Gasteiger partial charge on any atom is 0.263 e. The standard InChI is InChI=1S/C14H15BrN2O2S/c1-9(2)19-12-8-10(15)4-5-11(12)13(18)17(3)14-16-6-7-20-14/h4-9H,1-3H3. The van der Waals surface area contributed by atoms with Gasteiger partial charge in [0.2, 0.25) is 0 Å². The summed E-state index contributed by atoms with van der Waals surface area (Å²) in [7, 11) is 1.71. The molecule has 1 heterocycles. The maximum absolute atomic E-state index is 12.6. The Morgan fingerprint density at radius 1 is 1.45 bits per heavy atom. The summed E-state index contributed by atoms with van der Waals surface area (Å²) in [6, 6.07) is 5.40. The van der Waals surface area contributed by atoms with Crippen LogP contribution in [0, 0.1) is 0 Å². The van der Waals surface area contributed by atoms with Crippen LogP contribution in [0.2, 0.25) is 0 Å². The van der Waals surface area contributed by atoms with E-state index in [1.165, 1.54) is 16.2 Å². The summed E-state index contributed by atoms with van der Waals surface area (Å²) in [5.74, 6) is 0.436. The molecule has 0 aliphatic carbocycles. The number of halogens is 1. The Bertz CT molecular complexity index is 599. The number of carbonyl (C=O) groups is 1. The molecular formula is C14H15BrN2O2S. The van der Waals surface area contributed by atoms with Gasteiger partial charge in [0, 0.05) is 23.1 Å². The fourth-order valence-corrected chi connectivity index (χ4v) is 2.62. The van der Waals surface area contributed by atoms with Gasteiger partial charge in [-0.05, 0) is 32.0 Å². The molecule has 0 aliphatic rings. The number of hydrogen-bond acceptors (Lipinski definition) is 4. The van der Waals surface area contributed by atoms with E-state index in [1.54, 1.807) is 19.3 Å². The molecule has 0 aliphatic heterocycles. The number of hydrogen-bond donors (Lipinski definition) is 0.